The number of nitrogens with one attached hydrogen (secondary N) is 1. The summed E-state index contributed by atoms with van der Waals surface area (Å²) in [6.45, 7) is 0.275. The number of amides is 1. The maximum absolute atomic E-state index is 14.0. The molecule has 2 fully saturated rings. The van der Waals surface area contributed by atoms with Gasteiger partial charge in [-0.1, -0.05) is 18.6 Å². The summed E-state index contributed by atoms with van der Waals surface area (Å²) in [5.41, 5.74) is 0.744. The molecule has 2 aliphatic carbocycles. The summed E-state index contributed by atoms with van der Waals surface area (Å²) in [6, 6.07) is 9.25. The number of halogens is 4. The van der Waals surface area contributed by atoms with Gasteiger partial charge in [0.25, 0.3) is 5.91 Å². The summed E-state index contributed by atoms with van der Waals surface area (Å²) in [6.07, 6.45) is 3.12. The molecule has 9 heteroatoms. The molecule has 2 aliphatic rings. The van der Waals surface area contributed by atoms with Crippen LogP contribution < -0.4 is 5.32 Å². The quantitative estimate of drug-likeness (QED) is 0.431. The molecule has 0 spiro atoms. The van der Waals surface area contributed by atoms with Crippen LogP contribution in [0.25, 0.3) is 10.9 Å². The van der Waals surface area contributed by atoms with Gasteiger partial charge in [0.2, 0.25) is 0 Å². The lowest BCUT2D eigenvalue weighted by Gasteiger charge is -2.26. The number of carbonyl (C=O) groups is 2. The van der Waals surface area contributed by atoms with E-state index in [-0.39, 0.29) is 30.0 Å². The summed E-state index contributed by atoms with van der Waals surface area (Å²) in [5.74, 6) is -1.45. The third kappa shape index (κ3) is 5.83. The number of benzene rings is 2. The zero-order valence-electron chi connectivity index (χ0n) is 18.9. The predicted molar refractivity (Wildman–Crippen MR) is 123 cm³/mol. The van der Waals surface area contributed by atoms with Crippen molar-refractivity contribution >= 4 is 22.8 Å². The second-order valence-corrected chi connectivity index (χ2v) is 9.10. The van der Waals surface area contributed by atoms with Gasteiger partial charge in [0.05, 0.1) is 22.6 Å². The minimum absolute atomic E-state index is 0.000000000000000444. The zero-order valence-corrected chi connectivity index (χ0v) is 18.9. The monoisotopic (exact) mass is 490 g/mol. The first-order chi connectivity index (χ1) is 16.6. The number of fused-ring (bicyclic) bond motifs is 1. The van der Waals surface area contributed by atoms with E-state index in [4.69, 9.17) is 5.11 Å². The maximum atomic E-state index is 14.0. The Morgan fingerprint density at radius 2 is 1.66 bits per heavy atom. The third-order valence-corrected chi connectivity index (χ3v) is 6.60. The van der Waals surface area contributed by atoms with Crippen molar-refractivity contribution in [1.29, 1.82) is 0 Å². The lowest BCUT2D eigenvalue weighted by atomic mass is 9.86. The van der Waals surface area contributed by atoms with Crippen LogP contribution >= 0.6 is 0 Å². The number of aromatic nitrogens is 1. The molecule has 1 heterocycles. The van der Waals surface area contributed by atoms with Gasteiger partial charge in [-0.15, -0.1) is 0 Å². The van der Waals surface area contributed by atoms with E-state index in [1.807, 2.05) is 0 Å². The second kappa shape index (κ2) is 10.1. The van der Waals surface area contributed by atoms with Gasteiger partial charge in [-0.05, 0) is 68.0 Å². The van der Waals surface area contributed by atoms with Crippen LogP contribution in [0.1, 0.15) is 60.0 Å². The van der Waals surface area contributed by atoms with Gasteiger partial charge in [0.15, 0.2) is 0 Å². The number of rotatable bonds is 5. The van der Waals surface area contributed by atoms with Crippen LogP contribution in [0.4, 0.5) is 17.6 Å². The van der Waals surface area contributed by atoms with Crippen LogP contribution in [0.5, 0.6) is 0 Å². The van der Waals surface area contributed by atoms with Crippen LogP contribution in [-0.2, 0) is 17.5 Å². The van der Waals surface area contributed by atoms with Crippen molar-refractivity contribution in [2.24, 2.45) is 5.92 Å². The van der Waals surface area contributed by atoms with E-state index in [9.17, 15) is 27.2 Å². The standard InChI is InChI=1S/C21H18F4N2O.C5H8O2/c22-16-10-14-8-9-27(12-13-4-6-15(7-5-13)21(23,24)25)19(14)18(11-16)20(28)26-17-2-1-3-17;6-5(7)4-2-1-3-4/h4-11,17H,1-3,12H2,(H,26,28);4H,1-3H2,(H,6,7). The molecule has 5 nitrogen and oxygen atoms in total. The minimum atomic E-state index is -4.39. The highest BCUT2D eigenvalue weighted by Crippen LogP contribution is 2.30. The van der Waals surface area contributed by atoms with Crippen molar-refractivity contribution < 1.29 is 32.3 Å². The molecule has 2 saturated carbocycles. The smallest absolute Gasteiger partial charge is 0.416 e. The molecule has 0 aliphatic heterocycles. The molecule has 0 radical (unpaired) electrons. The van der Waals surface area contributed by atoms with Gasteiger partial charge in [-0.2, -0.15) is 13.2 Å². The van der Waals surface area contributed by atoms with Gasteiger partial charge < -0.3 is 15.0 Å². The molecule has 35 heavy (non-hydrogen) atoms. The zero-order chi connectivity index (χ0) is 25.2. The van der Waals surface area contributed by atoms with E-state index >= 15 is 0 Å². The molecule has 3 aromatic rings. The van der Waals surface area contributed by atoms with E-state index in [0.717, 1.165) is 50.7 Å². The van der Waals surface area contributed by atoms with Crippen molar-refractivity contribution in [3.05, 3.63) is 71.2 Å². The number of aliphatic carboxylic acids is 1. The SMILES string of the molecule is O=C(NC1CCC1)c1cc(F)cc2ccn(Cc3ccc(C(F)(F)F)cc3)c12.O=C(O)C1CCC1. The Labute approximate surface area is 199 Å². The van der Waals surface area contributed by atoms with Gasteiger partial charge in [0, 0.05) is 24.2 Å². The predicted octanol–water partition coefficient (Wildman–Crippen LogP) is 6.00. The molecule has 2 aromatic carbocycles. The fraction of sp³-hybridized carbons (Fsp3) is 0.385. The highest BCUT2D eigenvalue weighted by atomic mass is 19.4. The highest BCUT2D eigenvalue weighted by Gasteiger charge is 2.30. The van der Waals surface area contributed by atoms with Crippen LogP contribution in [0, 0.1) is 11.7 Å². The summed E-state index contributed by atoms with van der Waals surface area (Å²) in [4.78, 5) is 22.6. The number of carboxylic acid groups (broad SMARTS) is 1. The molecular weight excluding hydrogens is 464 g/mol. The molecular formula is C26H26F4N2O3. The van der Waals surface area contributed by atoms with Gasteiger partial charge >= 0.3 is 12.1 Å². The lowest BCUT2D eigenvalue weighted by Crippen LogP contribution is -2.39. The van der Waals surface area contributed by atoms with Crippen LogP contribution in [0.2, 0.25) is 0 Å². The molecule has 0 bridgehead atoms. The van der Waals surface area contributed by atoms with E-state index in [1.165, 1.54) is 24.3 Å². The Bertz CT molecular complexity index is 1210. The summed E-state index contributed by atoms with van der Waals surface area (Å²) < 4.78 is 54.0. The normalized spacial score (nSPS) is 16.1. The largest absolute Gasteiger partial charge is 0.481 e. The Hall–Kier alpha value is -3.36. The van der Waals surface area contributed by atoms with Gasteiger partial charge in [-0.25, -0.2) is 4.39 Å². The molecule has 1 amide bonds. The fourth-order valence-corrected chi connectivity index (χ4v) is 4.08. The van der Waals surface area contributed by atoms with E-state index in [0.29, 0.717) is 16.5 Å². The Balaban J connectivity index is 0.000000356. The van der Waals surface area contributed by atoms with E-state index in [1.54, 1.807) is 16.8 Å². The highest BCUT2D eigenvalue weighted by molar-refractivity contribution is 6.06. The van der Waals surface area contributed by atoms with Crippen molar-refractivity contribution in [2.45, 2.75) is 57.3 Å². The maximum Gasteiger partial charge on any atom is 0.416 e. The molecule has 2 N–H and O–H groups in total. The molecule has 0 saturated heterocycles. The summed E-state index contributed by atoms with van der Waals surface area (Å²) in [7, 11) is 0. The second-order valence-electron chi connectivity index (χ2n) is 9.10. The first-order valence-electron chi connectivity index (χ1n) is 11.6. The minimum Gasteiger partial charge on any atom is -0.481 e. The molecule has 0 unspecified atom stereocenters. The fourth-order valence-electron chi connectivity index (χ4n) is 4.08. The molecule has 186 valence electrons. The summed E-state index contributed by atoms with van der Waals surface area (Å²) >= 11 is 0. The molecule has 1 aromatic heterocycles. The van der Waals surface area contributed by atoms with Gasteiger partial charge in [-0.3, -0.25) is 9.59 Å². The van der Waals surface area contributed by atoms with E-state index in [2.05, 4.69) is 5.32 Å². The number of alkyl halides is 3. The van der Waals surface area contributed by atoms with Crippen LogP contribution in [-0.4, -0.2) is 27.6 Å². The number of carboxylic acids is 1. The number of hydrogen-bond donors (Lipinski definition) is 2. The first kappa shape index (κ1) is 24.8. The lowest BCUT2D eigenvalue weighted by molar-refractivity contribution is -0.144. The van der Waals surface area contributed by atoms with Crippen molar-refractivity contribution in [3.8, 4) is 0 Å². The average molecular weight is 490 g/mol. The third-order valence-electron chi connectivity index (χ3n) is 6.60. The Kier molecular flexibility index (Phi) is 7.14. The van der Waals surface area contributed by atoms with Crippen molar-refractivity contribution in [2.75, 3.05) is 0 Å². The molecule has 0 atom stereocenters. The number of carbonyl (C=O) groups excluding carboxylic acids is 1. The van der Waals surface area contributed by atoms with E-state index < -0.39 is 23.5 Å². The first-order valence-corrected chi connectivity index (χ1v) is 11.6. The number of hydrogen-bond acceptors (Lipinski definition) is 2. The van der Waals surface area contributed by atoms with Crippen molar-refractivity contribution in [3.63, 3.8) is 0 Å². The van der Waals surface area contributed by atoms with Crippen LogP contribution in [0.15, 0.2) is 48.7 Å². The Morgan fingerprint density at radius 1 is 1.00 bits per heavy atom. The number of nitrogens with zero attached hydrogens (tertiary/aromatic N) is 1. The van der Waals surface area contributed by atoms with Crippen molar-refractivity contribution in [1.82, 2.24) is 9.88 Å². The Morgan fingerprint density at radius 3 is 2.14 bits per heavy atom. The summed E-state index contributed by atoms with van der Waals surface area (Å²) in [5, 5.41) is 11.7. The topological polar surface area (TPSA) is 71.3 Å². The van der Waals surface area contributed by atoms with Gasteiger partial charge in [0.1, 0.15) is 5.82 Å². The average Bonchev–Trinajstić information content (AvgIpc) is 3.11. The van der Waals surface area contributed by atoms with Crippen LogP contribution in [0.3, 0.4) is 0 Å². The molecule has 5 rings (SSSR count).